The van der Waals surface area contributed by atoms with Crippen LogP contribution < -0.4 is 19.7 Å². The van der Waals surface area contributed by atoms with Gasteiger partial charge in [-0.25, -0.2) is 0 Å². The van der Waals surface area contributed by atoms with Gasteiger partial charge < -0.3 is 19.7 Å². The van der Waals surface area contributed by atoms with E-state index in [0.717, 1.165) is 10.2 Å². The average molecular weight is 447 g/mol. The van der Waals surface area contributed by atoms with Crippen LogP contribution in [0.15, 0.2) is 46.9 Å². The second-order valence-electron chi connectivity index (χ2n) is 6.87. The van der Waals surface area contributed by atoms with Crippen LogP contribution >= 0.6 is 15.9 Å². The summed E-state index contributed by atoms with van der Waals surface area (Å²) in [5, 5.41) is 2.91. The molecule has 1 saturated heterocycles. The molecule has 1 unspecified atom stereocenters. The SMILES string of the molecule is COc1ccc(OC(C)C)c(NC(=O)C2CC(=O)N(c3ccccc3Br)C2)c1. The van der Waals surface area contributed by atoms with Gasteiger partial charge >= 0.3 is 0 Å². The van der Waals surface area contributed by atoms with Crippen LogP contribution in [0.25, 0.3) is 0 Å². The highest BCUT2D eigenvalue weighted by molar-refractivity contribution is 9.10. The van der Waals surface area contributed by atoms with E-state index in [0.29, 0.717) is 23.7 Å². The number of benzene rings is 2. The van der Waals surface area contributed by atoms with E-state index in [1.165, 1.54) is 0 Å². The molecule has 1 atom stereocenters. The largest absolute Gasteiger partial charge is 0.497 e. The molecule has 0 aliphatic carbocycles. The number of amides is 2. The van der Waals surface area contributed by atoms with Crippen LogP contribution in [0.5, 0.6) is 11.5 Å². The normalized spacial score (nSPS) is 16.4. The molecule has 3 rings (SSSR count). The predicted molar refractivity (Wildman–Crippen MR) is 112 cm³/mol. The summed E-state index contributed by atoms with van der Waals surface area (Å²) in [7, 11) is 1.56. The second kappa shape index (κ2) is 8.65. The molecule has 2 aromatic rings. The van der Waals surface area contributed by atoms with Gasteiger partial charge in [0.1, 0.15) is 11.5 Å². The molecule has 148 valence electrons. The Labute approximate surface area is 172 Å². The molecule has 1 aliphatic rings. The van der Waals surface area contributed by atoms with Crippen molar-refractivity contribution in [2.24, 2.45) is 5.92 Å². The first kappa shape index (κ1) is 20.2. The van der Waals surface area contributed by atoms with E-state index in [1.807, 2.05) is 38.1 Å². The van der Waals surface area contributed by atoms with Gasteiger partial charge in [-0.15, -0.1) is 0 Å². The molecule has 0 radical (unpaired) electrons. The highest BCUT2D eigenvalue weighted by Crippen LogP contribution is 2.34. The average Bonchev–Trinajstić information content (AvgIpc) is 3.05. The Balaban J connectivity index is 1.77. The third-order valence-corrected chi connectivity index (χ3v) is 5.12. The molecule has 1 aliphatic heterocycles. The van der Waals surface area contributed by atoms with Gasteiger partial charge in [-0.3, -0.25) is 9.59 Å². The second-order valence-corrected chi connectivity index (χ2v) is 7.73. The number of carbonyl (C=O) groups excluding carboxylic acids is 2. The van der Waals surface area contributed by atoms with Gasteiger partial charge in [0, 0.05) is 23.5 Å². The molecule has 1 N–H and O–H groups in total. The van der Waals surface area contributed by atoms with E-state index in [-0.39, 0.29) is 24.3 Å². The number of ether oxygens (including phenoxy) is 2. The number of nitrogens with zero attached hydrogens (tertiary/aromatic N) is 1. The van der Waals surface area contributed by atoms with Crippen LogP contribution in [0.1, 0.15) is 20.3 Å². The zero-order valence-corrected chi connectivity index (χ0v) is 17.7. The third-order valence-electron chi connectivity index (χ3n) is 4.45. The minimum Gasteiger partial charge on any atom is -0.497 e. The number of anilines is 2. The monoisotopic (exact) mass is 446 g/mol. The van der Waals surface area contributed by atoms with E-state index in [4.69, 9.17) is 9.47 Å². The molecule has 2 amide bonds. The van der Waals surface area contributed by atoms with Gasteiger partial charge in [0.25, 0.3) is 0 Å². The van der Waals surface area contributed by atoms with E-state index in [1.54, 1.807) is 30.2 Å². The molecule has 6 nitrogen and oxygen atoms in total. The minimum atomic E-state index is -0.447. The Morgan fingerprint density at radius 1 is 1.25 bits per heavy atom. The summed E-state index contributed by atoms with van der Waals surface area (Å²) in [6.07, 6.45) is 0.125. The standard InChI is InChI=1S/C21H23BrN2O4/c1-13(2)28-19-9-8-15(27-3)11-17(19)23-21(26)14-10-20(25)24(12-14)18-7-5-4-6-16(18)22/h4-9,11,13-14H,10,12H2,1-3H3,(H,23,26). The molecule has 1 heterocycles. The Morgan fingerprint density at radius 3 is 2.68 bits per heavy atom. The molecule has 0 saturated carbocycles. The van der Waals surface area contributed by atoms with Crippen molar-refractivity contribution in [1.82, 2.24) is 0 Å². The third kappa shape index (κ3) is 4.47. The summed E-state index contributed by atoms with van der Waals surface area (Å²) >= 11 is 3.47. The van der Waals surface area contributed by atoms with E-state index >= 15 is 0 Å². The zero-order chi connectivity index (χ0) is 20.3. The number of hydrogen-bond acceptors (Lipinski definition) is 4. The number of nitrogens with one attached hydrogen (secondary N) is 1. The number of rotatable bonds is 6. The number of hydrogen-bond donors (Lipinski definition) is 1. The highest BCUT2D eigenvalue weighted by Gasteiger charge is 2.36. The first-order valence-corrected chi connectivity index (χ1v) is 9.88. The summed E-state index contributed by atoms with van der Waals surface area (Å²) in [6, 6.07) is 12.8. The van der Waals surface area contributed by atoms with Gasteiger partial charge in [0.05, 0.1) is 30.5 Å². The molecule has 28 heavy (non-hydrogen) atoms. The summed E-state index contributed by atoms with van der Waals surface area (Å²) in [5.41, 5.74) is 1.30. The number of methoxy groups -OCH3 is 1. The maximum Gasteiger partial charge on any atom is 0.229 e. The lowest BCUT2D eigenvalue weighted by molar-refractivity contribution is -0.122. The summed E-state index contributed by atoms with van der Waals surface area (Å²) in [6.45, 7) is 4.17. The Hall–Kier alpha value is -2.54. The predicted octanol–water partition coefficient (Wildman–Crippen LogP) is 4.24. The van der Waals surface area contributed by atoms with Crippen molar-refractivity contribution >= 4 is 39.1 Å². The van der Waals surface area contributed by atoms with Gasteiger partial charge in [-0.05, 0) is 54.0 Å². The summed E-state index contributed by atoms with van der Waals surface area (Å²) in [5.74, 6) is 0.443. The molecule has 1 fully saturated rings. The molecule has 0 bridgehead atoms. The van der Waals surface area contributed by atoms with Crippen LogP contribution in [0.3, 0.4) is 0 Å². The maximum absolute atomic E-state index is 12.9. The molecular formula is C21H23BrN2O4. The van der Waals surface area contributed by atoms with E-state index in [9.17, 15) is 9.59 Å². The van der Waals surface area contributed by atoms with Gasteiger partial charge in [-0.1, -0.05) is 12.1 Å². The van der Waals surface area contributed by atoms with Gasteiger partial charge in [0.2, 0.25) is 11.8 Å². The number of carbonyl (C=O) groups is 2. The summed E-state index contributed by atoms with van der Waals surface area (Å²) < 4.78 is 11.9. The molecule has 2 aromatic carbocycles. The Bertz CT molecular complexity index is 884. The van der Waals surface area contributed by atoms with Gasteiger partial charge in [0.15, 0.2) is 0 Å². The highest BCUT2D eigenvalue weighted by atomic mass is 79.9. The molecular weight excluding hydrogens is 424 g/mol. The van der Waals surface area contributed by atoms with Crippen LogP contribution in [0, 0.1) is 5.92 Å². The van der Waals surface area contributed by atoms with Crippen molar-refractivity contribution in [1.29, 1.82) is 0 Å². The van der Waals surface area contributed by atoms with Crippen molar-refractivity contribution in [3.8, 4) is 11.5 Å². The molecule has 7 heteroatoms. The fraction of sp³-hybridized carbons (Fsp3) is 0.333. The first-order valence-electron chi connectivity index (χ1n) is 9.09. The van der Waals surface area contributed by atoms with Crippen molar-refractivity contribution in [2.45, 2.75) is 26.4 Å². The van der Waals surface area contributed by atoms with Crippen LogP contribution in [0.2, 0.25) is 0 Å². The lowest BCUT2D eigenvalue weighted by Gasteiger charge is -2.19. The first-order chi connectivity index (χ1) is 13.4. The minimum absolute atomic E-state index is 0.0389. The lowest BCUT2D eigenvalue weighted by atomic mass is 10.1. The summed E-state index contributed by atoms with van der Waals surface area (Å²) in [4.78, 5) is 27.0. The van der Waals surface area contributed by atoms with E-state index in [2.05, 4.69) is 21.2 Å². The lowest BCUT2D eigenvalue weighted by Crippen LogP contribution is -2.28. The molecule has 0 aromatic heterocycles. The maximum atomic E-state index is 12.9. The fourth-order valence-electron chi connectivity index (χ4n) is 3.11. The topological polar surface area (TPSA) is 67.9 Å². The smallest absolute Gasteiger partial charge is 0.229 e. The fourth-order valence-corrected chi connectivity index (χ4v) is 3.61. The van der Waals surface area contributed by atoms with Crippen molar-refractivity contribution in [3.63, 3.8) is 0 Å². The Kier molecular flexibility index (Phi) is 6.24. The van der Waals surface area contributed by atoms with Crippen LogP contribution in [-0.4, -0.2) is 31.6 Å². The zero-order valence-electron chi connectivity index (χ0n) is 16.1. The Morgan fingerprint density at radius 2 is 2.00 bits per heavy atom. The number of halogens is 1. The van der Waals surface area contributed by atoms with Gasteiger partial charge in [-0.2, -0.15) is 0 Å². The van der Waals surface area contributed by atoms with Crippen molar-refractivity contribution in [2.75, 3.05) is 23.9 Å². The van der Waals surface area contributed by atoms with Crippen molar-refractivity contribution in [3.05, 3.63) is 46.9 Å². The quantitative estimate of drug-likeness (QED) is 0.720. The van der Waals surface area contributed by atoms with E-state index < -0.39 is 5.92 Å². The molecule has 0 spiro atoms. The number of para-hydroxylation sites is 1. The van der Waals surface area contributed by atoms with Crippen LogP contribution in [-0.2, 0) is 9.59 Å². The van der Waals surface area contributed by atoms with Crippen LogP contribution in [0.4, 0.5) is 11.4 Å². The van der Waals surface area contributed by atoms with Crippen molar-refractivity contribution < 1.29 is 19.1 Å².